The number of aromatic nitrogens is 4. The van der Waals surface area contributed by atoms with Crippen LogP contribution in [0.4, 0.5) is 0 Å². The zero-order valence-electron chi connectivity index (χ0n) is 27.4. The van der Waals surface area contributed by atoms with Crippen LogP contribution in [0.5, 0.6) is 0 Å². The van der Waals surface area contributed by atoms with E-state index in [0.717, 1.165) is 66.3 Å². The van der Waals surface area contributed by atoms with Crippen molar-refractivity contribution in [3.8, 4) is 34.0 Å². The number of nitrogens with zero attached hydrogens (tertiary/aromatic N) is 4. The average molecular weight is 653 g/mol. The first-order chi connectivity index (χ1) is 25.3. The second-order valence-corrected chi connectivity index (χ2v) is 13.0. The van der Waals surface area contributed by atoms with Gasteiger partial charge in [0.25, 0.3) is 0 Å². The van der Waals surface area contributed by atoms with Gasteiger partial charge in [0, 0.05) is 32.5 Å². The lowest BCUT2D eigenvalue weighted by Gasteiger charge is -2.15. The molecule has 0 amide bonds. The van der Waals surface area contributed by atoms with Crippen LogP contribution in [0.1, 0.15) is 0 Å². The molecule has 0 fully saturated rings. The fourth-order valence-electron chi connectivity index (χ4n) is 7.91. The Hall–Kier alpha value is -6.98. The van der Waals surface area contributed by atoms with Gasteiger partial charge in [0.1, 0.15) is 16.8 Å². The van der Waals surface area contributed by atoms with Crippen LogP contribution in [0.25, 0.3) is 99.7 Å². The van der Waals surface area contributed by atoms with E-state index in [4.69, 9.17) is 14.4 Å². The molecule has 0 unspecified atom stereocenters. The van der Waals surface area contributed by atoms with Crippen molar-refractivity contribution in [2.24, 2.45) is 0 Å². The molecule has 5 heteroatoms. The largest absolute Gasteiger partial charge is 0.452 e. The fraction of sp³-hybridized carbons (Fsp3) is 0. The molecular formula is C46H28N4O. The van der Waals surface area contributed by atoms with Crippen LogP contribution in [0.15, 0.2) is 174 Å². The second-order valence-electron chi connectivity index (χ2n) is 13.0. The molecule has 0 bridgehead atoms. The molecule has 0 spiro atoms. The topological polar surface area (TPSA) is 48.8 Å². The summed E-state index contributed by atoms with van der Waals surface area (Å²) in [5, 5.41) is 5.68. The molecule has 4 aromatic heterocycles. The molecule has 238 valence electrons. The van der Waals surface area contributed by atoms with E-state index in [1.807, 2.05) is 18.2 Å². The molecule has 4 heterocycles. The molecule has 0 N–H and O–H groups in total. The van der Waals surface area contributed by atoms with Crippen LogP contribution in [-0.2, 0) is 0 Å². The number of benzene rings is 7. The molecule has 0 atom stereocenters. The zero-order valence-corrected chi connectivity index (χ0v) is 27.4. The van der Waals surface area contributed by atoms with Gasteiger partial charge < -0.3 is 8.98 Å². The highest BCUT2D eigenvalue weighted by molar-refractivity contribution is 6.13. The molecule has 5 nitrogen and oxygen atoms in total. The summed E-state index contributed by atoms with van der Waals surface area (Å²) in [6.45, 7) is 0. The number of rotatable bonds is 4. The lowest BCUT2D eigenvalue weighted by atomic mass is 10.0. The number of hydrogen-bond acceptors (Lipinski definition) is 3. The van der Waals surface area contributed by atoms with E-state index in [-0.39, 0.29) is 0 Å². The molecule has 51 heavy (non-hydrogen) atoms. The second kappa shape index (κ2) is 10.8. The van der Waals surface area contributed by atoms with Crippen LogP contribution in [-0.4, -0.2) is 19.1 Å². The quantitative estimate of drug-likeness (QED) is 0.190. The van der Waals surface area contributed by atoms with Gasteiger partial charge in [0.2, 0.25) is 5.95 Å². The summed E-state index contributed by atoms with van der Waals surface area (Å²) < 4.78 is 11.2. The molecule has 7 aromatic carbocycles. The van der Waals surface area contributed by atoms with Crippen molar-refractivity contribution in [2.75, 3.05) is 0 Å². The highest BCUT2D eigenvalue weighted by atomic mass is 16.3. The first kappa shape index (κ1) is 27.9. The Bertz CT molecular complexity index is 3090. The SMILES string of the molecule is c1ccc(-c2ccc3c(c2)c2ccccc2n3-c2nc(-c3ccccc3-n3c4ccccc4c4ccccc43)c3oc4ccccc4c3n2)cc1. The Labute approximate surface area is 292 Å². The molecule has 11 rings (SSSR count). The maximum Gasteiger partial charge on any atom is 0.236 e. The normalized spacial score (nSPS) is 11.9. The summed E-state index contributed by atoms with van der Waals surface area (Å²) in [7, 11) is 0. The lowest BCUT2D eigenvalue weighted by Crippen LogP contribution is -2.04. The van der Waals surface area contributed by atoms with Gasteiger partial charge in [0.15, 0.2) is 5.58 Å². The Morgan fingerprint density at radius 1 is 0.412 bits per heavy atom. The van der Waals surface area contributed by atoms with Crippen LogP contribution in [0.2, 0.25) is 0 Å². The Kier molecular flexibility index (Phi) is 5.89. The molecule has 0 aliphatic heterocycles. The maximum absolute atomic E-state index is 6.65. The van der Waals surface area contributed by atoms with Gasteiger partial charge in [0.05, 0.1) is 27.8 Å². The highest BCUT2D eigenvalue weighted by Crippen LogP contribution is 2.41. The van der Waals surface area contributed by atoms with Gasteiger partial charge >= 0.3 is 0 Å². The number of para-hydroxylation sites is 5. The van der Waals surface area contributed by atoms with Crippen LogP contribution >= 0.6 is 0 Å². The lowest BCUT2D eigenvalue weighted by molar-refractivity contribution is 0.666. The monoisotopic (exact) mass is 652 g/mol. The number of fused-ring (bicyclic) bond motifs is 9. The van der Waals surface area contributed by atoms with Crippen molar-refractivity contribution in [2.45, 2.75) is 0 Å². The summed E-state index contributed by atoms with van der Waals surface area (Å²) >= 11 is 0. The number of hydrogen-bond donors (Lipinski definition) is 0. The highest BCUT2D eigenvalue weighted by Gasteiger charge is 2.24. The molecule has 0 saturated heterocycles. The summed E-state index contributed by atoms with van der Waals surface area (Å²) in [5.74, 6) is 0.597. The third kappa shape index (κ3) is 4.09. The van der Waals surface area contributed by atoms with Crippen molar-refractivity contribution >= 4 is 65.7 Å². The van der Waals surface area contributed by atoms with Crippen molar-refractivity contribution in [3.05, 3.63) is 170 Å². The predicted molar refractivity (Wildman–Crippen MR) is 209 cm³/mol. The van der Waals surface area contributed by atoms with Gasteiger partial charge in [-0.1, -0.05) is 121 Å². The minimum atomic E-state index is 0.597. The van der Waals surface area contributed by atoms with Gasteiger partial charge in [-0.2, -0.15) is 0 Å². The van der Waals surface area contributed by atoms with Crippen LogP contribution < -0.4 is 0 Å². The minimum Gasteiger partial charge on any atom is -0.452 e. The third-order valence-corrected chi connectivity index (χ3v) is 10.2. The van der Waals surface area contributed by atoms with E-state index in [9.17, 15) is 0 Å². The molecule has 0 aliphatic rings. The smallest absolute Gasteiger partial charge is 0.236 e. The standard InChI is InChI=1S/C46H28N4O/c1-2-14-29(15-3-1)30-26-27-41-36(28-30)33-18-6-11-23-39(33)50(41)46-47-43(45-44(48-46)35-20-8-13-25-42(35)51-45)34-19-7-12-24-40(34)49-37-21-9-4-16-31(37)32-17-5-10-22-38(32)49/h1-28H. The Morgan fingerprint density at radius 2 is 0.980 bits per heavy atom. The van der Waals surface area contributed by atoms with Crippen molar-refractivity contribution in [3.63, 3.8) is 0 Å². The molecule has 11 aromatic rings. The van der Waals surface area contributed by atoms with Crippen LogP contribution in [0.3, 0.4) is 0 Å². The summed E-state index contributed by atoms with van der Waals surface area (Å²) in [5.41, 5.74) is 11.7. The van der Waals surface area contributed by atoms with E-state index in [2.05, 4.69) is 161 Å². The molecule has 0 saturated carbocycles. The third-order valence-electron chi connectivity index (χ3n) is 10.2. The Balaban J connectivity index is 1.24. The summed E-state index contributed by atoms with van der Waals surface area (Å²) in [4.78, 5) is 10.8. The minimum absolute atomic E-state index is 0.597. The van der Waals surface area contributed by atoms with Crippen molar-refractivity contribution in [1.29, 1.82) is 0 Å². The molecule has 0 radical (unpaired) electrons. The number of furan rings is 1. The van der Waals surface area contributed by atoms with E-state index < -0.39 is 0 Å². The first-order valence-corrected chi connectivity index (χ1v) is 17.2. The molecule has 0 aliphatic carbocycles. The van der Waals surface area contributed by atoms with Crippen molar-refractivity contribution < 1.29 is 4.42 Å². The van der Waals surface area contributed by atoms with E-state index in [1.54, 1.807) is 0 Å². The van der Waals surface area contributed by atoms with E-state index in [1.165, 1.54) is 21.9 Å². The van der Waals surface area contributed by atoms with E-state index >= 15 is 0 Å². The first-order valence-electron chi connectivity index (χ1n) is 17.2. The van der Waals surface area contributed by atoms with Gasteiger partial charge in [-0.15, -0.1) is 0 Å². The van der Waals surface area contributed by atoms with E-state index in [0.29, 0.717) is 11.5 Å². The summed E-state index contributed by atoms with van der Waals surface area (Å²) in [6.07, 6.45) is 0. The Morgan fingerprint density at radius 3 is 1.73 bits per heavy atom. The molecular weight excluding hydrogens is 625 g/mol. The fourth-order valence-corrected chi connectivity index (χ4v) is 7.91. The zero-order chi connectivity index (χ0) is 33.5. The van der Waals surface area contributed by atoms with Gasteiger partial charge in [-0.25, -0.2) is 9.97 Å². The van der Waals surface area contributed by atoms with Crippen molar-refractivity contribution in [1.82, 2.24) is 19.1 Å². The van der Waals surface area contributed by atoms with Gasteiger partial charge in [-0.3, -0.25) is 4.57 Å². The predicted octanol–water partition coefficient (Wildman–Crippen LogP) is 11.9. The van der Waals surface area contributed by atoms with Gasteiger partial charge in [-0.05, 0) is 59.7 Å². The van der Waals surface area contributed by atoms with Crippen LogP contribution in [0, 0.1) is 0 Å². The average Bonchev–Trinajstić information content (AvgIpc) is 3.85. The summed E-state index contributed by atoms with van der Waals surface area (Å²) in [6, 6.07) is 59.6. The maximum atomic E-state index is 6.65.